The van der Waals surface area contributed by atoms with Crippen molar-refractivity contribution in [1.82, 2.24) is 10.2 Å². The monoisotopic (exact) mass is 502 g/mol. The van der Waals surface area contributed by atoms with Crippen molar-refractivity contribution in [2.45, 2.75) is 24.1 Å². The summed E-state index contributed by atoms with van der Waals surface area (Å²) >= 11 is 1.76. The van der Waals surface area contributed by atoms with Gasteiger partial charge in [-0.1, -0.05) is 42.5 Å². The number of likely N-dealkylation sites (tertiary alicyclic amines) is 1. The van der Waals surface area contributed by atoms with Gasteiger partial charge in [-0.25, -0.2) is 8.78 Å². The highest BCUT2D eigenvalue weighted by molar-refractivity contribution is 7.99. The lowest BCUT2D eigenvalue weighted by atomic mass is 10.0. The van der Waals surface area contributed by atoms with Crippen molar-refractivity contribution >= 4 is 30.1 Å². The van der Waals surface area contributed by atoms with Crippen LogP contribution in [0.5, 0.6) is 0 Å². The average molecular weight is 503 g/mol. The summed E-state index contributed by atoms with van der Waals surface area (Å²) in [7, 11) is 0. The molecule has 0 aliphatic carbocycles. The Hall–Kier alpha value is -2.41. The lowest BCUT2D eigenvalue weighted by Gasteiger charge is -2.32. The van der Waals surface area contributed by atoms with Crippen molar-refractivity contribution in [3.63, 3.8) is 0 Å². The molecule has 4 rings (SSSR count). The summed E-state index contributed by atoms with van der Waals surface area (Å²) in [6.45, 7) is 2.35. The first-order chi connectivity index (χ1) is 16.1. The Morgan fingerprint density at radius 1 is 0.882 bits per heavy atom. The van der Waals surface area contributed by atoms with Crippen molar-refractivity contribution in [3.8, 4) is 0 Å². The molecule has 1 N–H and O–H groups in total. The predicted octanol–water partition coefficient (Wildman–Crippen LogP) is 6.10. The van der Waals surface area contributed by atoms with E-state index in [1.54, 1.807) is 36.0 Å². The van der Waals surface area contributed by atoms with Crippen LogP contribution in [0.2, 0.25) is 0 Å². The van der Waals surface area contributed by atoms with Gasteiger partial charge in [-0.05, 0) is 60.4 Å². The first kappa shape index (κ1) is 26.2. The molecule has 1 aliphatic rings. The van der Waals surface area contributed by atoms with E-state index in [-0.39, 0.29) is 35.2 Å². The Labute approximate surface area is 210 Å². The fraction of sp³-hybridized carbons (Fsp3) is 0.296. The van der Waals surface area contributed by atoms with Gasteiger partial charge in [0, 0.05) is 37.0 Å². The minimum absolute atomic E-state index is 0. The predicted molar refractivity (Wildman–Crippen MR) is 138 cm³/mol. The summed E-state index contributed by atoms with van der Waals surface area (Å²) in [6, 6.07) is 22.9. The minimum atomic E-state index is -0.264. The third kappa shape index (κ3) is 7.05. The van der Waals surface area contributed by atoms with Crippen molar-refractivity contribution in [3.05, 3.63) is 107 Å². The van der Waals surface area contributed by atoms with Crippen LogP contribution < -0.4 is 5.32 Å². The Bertz CT molecular complexity index is 981. The molecule has 34 heavy (non-hydrogen) atoms. The van der Waals surface area contributed by atoms with Crippen LogP contribution in [0.15, 0.2) is 78.9 Å². The molecule has 7 heteroatoms. The number of nitrogens with zero attached hydrogens (tertiary/aromatic N) is 1. The molecule has 0 unspecified atom stereocenters. The molecule has 0 aromatic heterocycles. The van der Waals surface area contributed by atoms with Crippen LogP contribution in [0.4, 0.5) is 8.78 Å². The molecule has 180 valence electrons. The summed E-state index contributed by atoms with van der Waals surface area (Å²) < 4.78 is 26.8. The number of carbonyl (C=O) groups excluding carboxylic acids is 1. The van der Waals surface area contributed by atoms with Gasteiger partial charge in [0.2, 0.25) is 0 Å². The molecule has 1 amide bonds. The summed E-state index contributed by atoms with van der Waals surface area (Å²) in [5.74, 6) is 0.439. The fourth-order valence-electron chi connectivity index (χ4n) is 4.15. The molecular weight excluding hydrogens is 474 g/mol. The van der Waals surface area contributed by atoms with Crippen LogP contribution >= 0.6 is 24.2 Å². The maximum Gasteiger partial charge on any atom is 0.253 e. The number of carbonyl (C=O) groups is 1. The van der Waals surface area contributed by atoms with Gasteiger partial charge in [-0.3, -0.25) is 4.79 Å². The van der Waals surface area contributed by atoms with Gasteiger partial charge in [0.1, 0.15) is 11.6 Å². The van der Waals surface area contributed by atoms with E-state index in [9.17, 15) is 13.6 Å². The van der Waals surface area contributed by atoms with Crippen LogP contribution in [0, 0.1) is 11.6 Å². The zero-order valence-corrected chi connectivity index (χ0v) is 20.5. The molecule has 1 saturated heterocycles. The van der Waals surface area contributed by atoms with Gasteiger partial charge in [-0.2, -0.15) is 0 Å². The van der Waals surface area contributed by atoms with E-state index in [4.69, 9.17) is 0 Å². The Morgan fingerprint density at radius 3 is 1.94 bits per heavy atom. The van der Waals surface area contributed by atoms with Crippen molar-refractivity contribution < 1.29 is 13.6 Å². The number of thioether (sulfide) groups is 1. The molecule has 3 nitrogen and oxygen atoms in total. The van der Waals surface area contributed by atoms with E-state index >= 15 is 0 Å². The van der Waals surface area contributed by atoms with Crippen molar-refractivity contribution in [1.29, 1.82) is 0 Å². The fourth-order valence-corrected chi connectivity index (χ4v) is 5.32. The zero-order chi connectivity index (χ0) is 23.0. The van der Waals surface area contributed by atoms with E-state index < -0.39 is 0 Å². The normalized spacial score (nSPS) is 14.1. The number of piperidine rings is 1. The van der Waals surface area contributed by atoms with Gasteiger partial charge >= 0.3 is 0 Å². The summed E-state index contributed by atoms with van der Waals surface area (Å²) in [5, 5.41) is 3.63. The number of nitrogens with one attached hydrogen (secondary N) is 1. The summed E-state index contributed by atoms with van der Waals surface area (Å²) in [6.07, 6.45) is 1.87. The molecule has 1 fully saturated rings. The van der Waals surface area contributed by atoms with E-state index in [0.29, 0.717) is 6.04 Å². The van der Waals surface area contributed by atoms with Crippen LogP contribution in [0.25, 0.3) is 0 Å². The van der Waals surface area contributed by atoms with E-state index in [0.717, 1.165) is 54.9 Å². The zero-order valence-electron chi connectivity index (χ0n) is 18.8. The topological polar surface area (TPSA) is 32.3 Å². The molecule has 1 aliphatic heterocycles. The van der Waals surface area contributed by atoms with Crippen LogP contribution in [0.3, 0.4) is 0 Å². The Morgan fingerprint density at radius 2 is 1.41 bits per heavy atom. The average Bonchev–Trinajstić information content (AvgIpc) is 2.86. The molecule has 0 atom stereocenters. The largest absolute Gasteiger partial charge is 0.339 e. The number of amides is 1. The quantitative estimate of drug-likeness (QED) is 0.377. The number of halogens is 3. The van der Waals surface area contributed by atoms with Crippen LogP contribution in [-0.2, 0) is 0 Å². The lowest BCUT2D eigenvalue weighted by molar-refractivity contribution is 0.0706. The summed E-state index contributed by atoms with van der Waals surface area (Å²) in [5.41, 5.74) is 2.74. The standard InChI is InChI=1S/C27H28F2N2OS.ClH/c28-23-10-6-20(7-11-23)26(21-8-12-24(29)13-9-21)33-19-16-30-25-14-17-31(18-15-25)27(32)22-4-2-1-3-5-22;/h1-13,25-26,30H,14-19H2;1H. The summed E-state index contributed by atoms with van der Waals surface area (Å²) in [4.78, 5) is 14.5. The maximum atomic E-state index is 13.4. The first-order valence-electron chi connectivity index (χ1n) is 11.3. The molecule has 0 spiro atoms. The van der Waals surface area contributed by atoms with Gasteiger partial charge in [0.05, 0.1) is 5.25 Å². The first-order valence-corrected chi connectivity index (χ1v) is 12.4. The third-order valence-electron chi connectivity index (χ3n) is 5.97. The second-order valence-electron chi connectivity index (χ2n) is 8.24. The van der Waals surface area contributed by atoms with E-state index in [1.807, 2.05) is 35.2 Å². The molecular formula is C27H29ClF2N2OS. The van der Waals surface area contributed by atoms with Gasteiger partial charge in [-0.15, -0.1) is 24.2 Å². The minimum Gasteiger partial charge on any atom is -0.339 e. The van der Waals surface area contributed by atoms with Gasteiger partial charge in [0.15, 0.2) is 0 Å². The van der Waals surface area contributed by atoms with Gasteiger partial charge < -0.3 is 10.2 Å². The van der Waals surface area contributed by atoms with Crippen molar-refractivity contribution in [2.75, 3.05) is 25.4 Å². The van der Waals surface area contributed by atoms with Crippen LogP contribution in [0.1, 0.15) is 39.6 Å². The lowest BCUT2D eigenvalue weighted by Crippen LogP contribution is -2.45. The van der Waals surface area contributed by atoms with Gasteiger partial charge in [0.25, 0.3) is 5.91 Å². The highest BCUT2D eigenvalue weighted by Gasteiger charge is 2.23. The second-order valence-corrected chi connectivity index (χ2v) is 9.45. The molecule has 3 aromatic rings. The van der Waals surface area contributed by atoms with Crippen LogP contribution in [-0.4, -0.2) is 42.2 Å². The molecule has 0 radical (unpaired) electrons. The second kappa shape index (κ2) is 12.9. The number of hydrogen-bond acceptors (Lipinski definition) is 3. The smallest absolute Gasteiger partial charge is 0.253 e. The third-order valence-corrected chi connectivity index (χ3v) is 7.29. The Kier molecular flexibility index (Phi) is 9.93. The highest BCUT2D eigenvalue weighted by Crippen LogP contribution is 2.35. The number of rotatable bonds is 8. The van der Waals surface area contributed by atoms with Crippen molar-refractivity contribution in [2.24, 2.45) is 0 Å². The Balaban J connectivity index is 0.00000324. The highest BCUT2D eigenvalue weighted by atomic mass is 35.5. The number of benzene rings is 3. The number of hydrogen-bond donors (Lipinski definition) is 1. The van der Waals surface area contributed by atoms with E-state index in [2.05, 4.69) is 5.32 Å². The molecule has 0 bridgehead atoms. The molecule has 1 heterocycles. The molecule has 3 aromatic carbocycles. The molecule has 0 saturated carbocycles. The SMILES string of the molecule is Cl.O=C(c1ccccc1)N1CCC(NCCSC(c2ccc(F)cc2)c2ccc(F)cc2)CC1. The maximum absolute atomic E-state index is 13.4. The van der Waals surface area contributed by atoms with E-state index in [1.165, 1.54) is 24.3 Å².